The van der Waals surface area contributed by atoms with Crippen LogP contribution in [0.4, 0.5) is 0 Å². The number of H-pyrrole nitrogens is 1. The van der Waals surface area contributed by atoms with Crippen LogP contribution in [0.15, 0.2) is 24.3 Å². The van der Waals surface area contributed by atoms with Gasteiger partial charge in [-0.15, -0.1) is 0 Å². The summed E-state index contributed by atoms with van der Waals surface area (Å²) >= 11 is 0. The molecule has 98 valence electrons. The van der Waals surface area contributed by atoms with Crippen molar-refractivity contribution in [1.82, 2.24) is 20.2 Å². The van der Waals surface area contributed by atoms with Crippen molar-refractivity contribution in [3.8, 4) is 0 Å². The maximum absolute atomic E-state index is 9.90. The predicted octanol–water partition coefficient (Wildman–Crippen LogP) is -0.107. The summed E-state index contributed by atoms with van der Waals surface area (Å²) in [5.41, 5.74) is 2.36. The van der Waals surface area contributed by atoms with Crippen molar-refractivity contribution >= 4 is 22.2 Å². The number of aromatic nitrogens is 4. The monoisotopic (exact) mass is 260 g/mol. The lowest BCUT2D eigenvalue weighted by Crippen LogP contribution is -2.22. The second-order valence-electron chi connectivity index (χ2n) is 4.22. The van der Waals surface area contributed by atoms with Crippen LogP contribution in [-0.4, -0.2) is 48.2 Å². The molecule has 3 aromatic rings. The average Bonchev–Trinajstić information content (AvgIpc) is 2.85. The molecule has 0 unspecified atom stereocenters. The summed E-state index contributed by atoms with van der Waals surface area (Å²) in [4.78, 5) is 8.67. The van der Waals surface area contributed by atoms with E-state index in [1.807, 2.05) is 18.2 Å². The highest BCUT2D eigenvalue weighted by Crippen LogP contribution is 2.23. The smallest absolute Gasteiger partial charge is 0.200 e. The number of nitrogens with zero attached hydrogens (tertiary/aromatic N) is 3. The van der Waals surface area contributed by atoms with Gasteiger partial charge in [-0.1, -0.05) is 12.1 Å². The van der Waals surface area contributed by atoms with E-state index in [1.54, 1.807) is 6.07 Å². The SMILES string of the molecule is OC[C@H](O)[C@@H](O)c1[nH]nc2nc3ccccc3nc12. The number of aliphatic hydroxyl groups is 3. The summed E-state index contributed by atoms with van der Waals surface area (Å²) in [5, 5.41) is 34.8. The van der Waals surface area contributed by atoms with Crippen LogP contribution < -0.4 is 0 Å². The second-order valence-corrected chi connectivity index (χ2v) is 4.22. The molecule has 2 atom stereocenters. The Hall–Kier alpha value is -2.09. The van der Waals surface area contributed by atoms with E-state index in [-0.39, 0.29) is 5.69 Å². The van der Waals surface area contributed by atoms with Crippen LogP contribution in [0.2, 0.25) is 0 Å². The molecular formula is C12H12N4O3. The van der Waals surface area contributed by atoms with E-state index in [1.165, 1.54) is 0 Å². The lowest BCUT2D eigenvalue weighted by molar-refractivity contribution is -0.0167. The Labute approximate surface area is 107 Å². The van der Waals surface area contributed by atoms with Gasteiger partial charge in [-0.05, 0) is 12.1 Å². The van der Waals surface area contributed by atoms with Gasteiger partial charge in [-0.25, -0.2) is 9.97 Å². The first-order valence-corrected chi connectivity index (χ1v) is 5.78. The van der Waals surface area contributed by atoms with E-state index in [0.29, 0.717) is 22.2 Å². The maximum atomic E-state index is 9.90. The Kier molecular flexibility index (Phi) is 2.86. The minimum atomic E-state index is -1.29. The highest BCUT2D eigenvalue weighted by atomic mass is 16.4. The zero-order valence-corrected chi connectivity index (χ0v) is 9.85. The van der Waals surface area contributed by atoms with Gasteiger partial charge in [0, 0.05) is 0 Å². The number of fused-ring (bicyclic) bond motifs is 2. The Morgan fingerprint density at radius 1 is 1.11 bits per heavy atom. The number of hydrogen-bond donors (Lipinski definition) is 4. The first-order valence-electron chi connectivity index (χ1n) is 5.78. The van der Waals surface area contributed by atoms with Gasteiger partial charge < -0.3 is 15.3 Å². The van der Waals surface area contributed by atoms with Gasteiger partial charge in [0.05, 0.1) is 23.3 Å². The minimum absolute atomic E-state index is 0.245. The zero-order chi connectivity index (χ0) is 13.4. The molecule has 0 saturated heterocycles. The molecule has 0 amide bonds. The van der Waals surface area contributed by atoms with Crippen molar-refractivity contribution in [3.63, 3.8) is 0 Å². The summed E-state index contributed by atoms with van der Waals surface area (Å²) < 4.78 is 0. The van der Waals surface area contributed by atoms with Gasteiger partial charge in [0.15, 0.2) is 0 Å². The van der Waals surface area contributed by atoms with Crippen LogP contribution in [0.25, 0.3) is 22.2 Å². The van der Waals surface area contributed by atoms with Gasteiger partial charge >= 0.3 is 0 Å². The first-order chi connectivity index (χ1) is 9.20. The van der Waals surface area contributed by atoms with E-state index in [4.69, 9.17) is 5.11 Å². The topological polar surface area (TPSA) is 115 Å². The molecule has 4 N–H and O–H groups in total. The molecule has 19 heavy (non-hydrogen) atoms. The van der Waals surface area contributed by atoms with E-state index >= 15 is 0 Å². The number of rotatable bonds is 3. The molecule has 2 aromatic heterocycles. The Balaban J connectivity index is 2.19. The first kappa shape index (κ1) is 12.0. The lowest BCUT2D eigenvalue weighted by atomic mass is 10.1. The molecule has 0 aliphatic rings. The Morgan fingerprint density at radius 2 is 1.79 bits per heavy atom. The van der Waals surface area contributed by atoms with Gasteiger partial charge in [0.1, 0.15) is 17.7 Å². The largest absolute Gasteiger partial charge is 0.394 e. The van der Waals surface area contributed by atoms with Crippen LogP contribution in [0.1, 0.15) is 11.8 Å². The predicted molar refractivity (Wildman–Crippen MR) is 67.2 cm³/mol. The maximum Gasteiger partial charge on any atom is 0.200 e. The normalized spacial score (nSPS) is 14.9. The molecule has 7 nitrogen and oxygen atoms in total. The van der Waals surface area contributed by atoms with Gasteiger partial charge in [-0.3, -0.25) is 5.10 Å². The average molecular weight is 260 g/mol. The van der Waals surface area contributed by atoms with Crippen LogP contribution in [0.3, 0.4) is 0 Å². The number of nitrogens with one attached hydrogen (secondary N) is 1. The summed E-state index contributed by atoms with van der Waals surface area (Å²) in [6.45, 7) is -0.553. The molecule has 7 heteroatoms. The van der Waals surface area contributed by atoms with Crippen molar-refractivity contribution in [2.24, 2.45) is 0 Å². The van der Waals surface area contributed by atoms with Crippen molar-refractivity contribution in [2.45, 2.75) is 12.2 Å². The van der Waals surface area contributed by atoms with Crippen LogP contribution >= 0.6 is 0 Å². The minimum Gasteiger partial charge on any atom is -0.394 e. The molecule has 0 aliphatic carbocycles. The van der Waals surface area contributed by atoms with Crippen molar-refractivity contribution < 1.29 is 15.3 Å². The third kappa shape index (κ3) is 1.93. The fourth-order valence-corrected chi connectivity index (χ4v) is 1.91. The molecule has 0 saturated carbocycles. The fraction of sp³-hybridized carbons (Fsp3) is 0.250. The summed E-state index contributed by atoms with van der Waals surface area (Å²) in [6, 6.07) is 7.30. The van der Waals surface area contributed by atoms with E-state index in [0.717, 1.165) is 0 Å². The quantitative estimate of drug-likeness (QED) is 0.522. The van der Waals surface area contributed by atoms with Gasteiger partial charge in [-0.2, -0.15) is 5.10 Å². The number of hydrogen-bond acceptors (Lipinski definition) is 6. The number of aliphatic hydroxyl groups excluding tert-OH is 3. The molecule has 0 bridgehead atoms. The Morgan fingerprint density at radius 3 is 2.47 bits per heavy atom. The van der Waals surface area contributed by atoms with Crippen LogP contribution in [-0.2, 0) is 0 Å². The summed E-state index contributed by atoms with van der Waals surface area (Å²) in [5.74, 6) is 0. The number of aromatic amines is 1. The lowest BCUT2D eigenvalue weighted by Gasteiger charge is -2.13. The molecule has 2 heterocycles. The fourth-order valence-electron chi connectivity index (χ4n) is 1.91. The van der Waals surface area contributed by atoms with Crippen molar-refractivity contribution in [1.29, 1.82) is 0 Å². The molecule has 0 spiro atoms. The van der Waals surface area contributed by atoms with E-state index < -0.39 is 18.8 Å². The molecule has 0 fully saturated rings. The molecule has 3 rings (SSSR count). The van der Waals surface area contributed by atoms with Crippen molar-refractivity contribution in [2.75, 3.05) is 6.61 Å². The highest BCUT2D eigenvalue weighted by molar-refractivity contribution is 5.85. The van der Waals surface area contributed by atoms with Crippen molar-refractivity contribution in [3.05, 3.63) is 30.0 Å². The molecule has 0 aliphatic heterocycles. The van der Waals surface area contributed by atoms with Crippen LogP contribution in [0.5, 0.6) is 0 Å². The third-order valence-corrected chi connectivity index (χ3v) is 2.94. The summed E-state index contributed by atoms with van der Waals surface area (Å²) in [7, 11) is 0. The standard InChI is InChI=1S/C12H12N4O3/c17-5-8(18)11(19)9-10-12(16-15-9)14-7-4-2-1-3-6(7)13-10/h1-4,8,11,17-19H,5H2,(H,14,15,16)/t8-,11+/m0/s1. The highest BCUT2D eigenvalue weighted by Gasteiger charge is 2.23. The number of para-hydroxylation sites is 2. The Bertz CT molecular complexity index is 727. The second kappa shape index (κ2) is 4.54. The van der Waals surface area contributed by atoms with E-state index in [9.17, 15) is 10.2 Å². The molecular weight excluding hydrogens is 248 g/mol. The number of benzene rings is 1. The molecule has 1 aromatic carbocycles. The molecule has 0 radical (unpaired) electrons. The van der Waals surface area contributed by atoms with E-state index in [2.05, 4.69) is 20.2 Å². The third-order valence-electron chi connectivity index (χ3n) is 2.94. The summed E-state index contributed by atoms with van der Waals surface area (Å²) in [6.07, 6.45) is -2.58. The van der Waals surface area contributed by atoms with Crippen LogP contribution in [0, 0.1) is 0 Å². The van der Waals surface area contributed by atoms with Gasteiger partial charge in [0.2, 0.25) is 5.65 Å². The van der Waals surface area contributed by atoms with Gasteiger partial charge in [0.25, 0.3) is 0 Å². The zero-order valence-electron chi connectivity index (χ0n) is 9.85.